The summed E-state index contributed by atoms with van der Waals surface area (Å²) in [5.74, 6) is 0.335. The van der Waals surface area contributed by atoms with Gasteiger partial charge in [0.2, 0.25) is 5.91 Å². The van der Waals surface area contributed by atoms with E-state index in [4.69, 9.17) is 23.2 Å². The van der Waals surface area contributed by atoms with E-state index in [0.29, 0.717) is 12.3 Å². The zero-order valence-corrected chi connectivity index (χ0v) is 7.61. The Kier molecular flexibility index (Phi) is 4.83. The smallest absolute Gasteiger partial charge is 0.223 e. The highest BCUT2D eigenvalue weighted by Gasteiger charge is 2.10. The van der Waals surface area contributed by atoms with Crippen molar-refractivity contribution in [2.75, 3.05) is 20.0 Å². The van der Waals surface area contributed by atoms with Crippen LogP contribution in [-0.2, 0) is 4.79 Å². The van der Waals surface area contributed by atoms with Crippen molar-refractivity contribution in [3.63, 3.8) is 0 Å². The van der Waals surface area contributed by atoms with Crippen molar-refractivity contribution in [2.24, 2.45) is 0 Å². The van der Waals surface area contributed by atoms with Crippen LogP contribution in [0.15, 0.2) is 0 Å². The van der Waals surface area contributed by atoms with Gasteiger partial charge in [0.1, 0.15) is 0 Å². The number of amides is 1. The lowest BCUT2D eigenvalue weighted by Gasteiger charge is -2.11. The normalized spacial score (nSPS) is 12.8. The molecule has 0 heterocycles. The quantitative estimate of drug-likeness (QED) is 0.605. The lowest BCUT2D eigenvalue weighted by atomic mass is 10.3. The number of carbonyl (C=O) groups is 1. The maximum Gasteiger partial charge on any atom is 0.223 e. The molecule has 0 bridgehead atoms. The van der Waals surface area contributed by atoms with Crippen molar-refractivity contribution in [3.8, 4) is 0 Å². The minimum atomic E-state index is -0.239. The van der Waals surface area contributed by atoms with Crippen LogP contribution in [-0.4, -0.2) is 36.2 Å². The SMILES string of the molecule is CN(C)C(=O)CC(Cl)CCl. The third kappa shape index (κ3) is 3.96. The maximum absolute atomic E-state index is 10.9. The first-order chi connectivity index (χ1) is 4.57. The predicted molar refractivity (Wildman–Crippen MR) is 43.7 cm³/mol. The van der Waals surface area contributed by atoms with Crippen molar-refractivity contribution in [2.45, 2.75) is 11.8 Å². The van der Waals surface area contributed by atoms with E-state index in [-0.39, 0.29) is 11.3 Å². The average molecular weight is 184 g/mol. The largest absolute Gasteiger partial charge is 0.349 e. The van der Waals surface area contributed by atoms with Crippen LogP contribution in [0.5, 0.6) is 0 Å². The molecule has 1 unspecified atom stereocenters. The summed E-state index contributed by atoms with van der Waals surface area (Å²) in [6.45, 7) is 0. The second-order valence-electron chi connectivity index (χ2n) is 2.24. The van der Waals surface area contributed by atoms with Gasteiger partial charge < -0.3 is 4.90 Å². The fourth-order valence-corrected chi connectivity index (χ4v) is 0.668. The van der Waals surface area contributed by atoms with E-state index in [1.807, 2.05) is 0 Å². The van der Waals surface area contributed by atoms with Crippen LogP contribution < -0.4 is 0 Å². The molecule has 0 saturated carbocycles. The van der Waals surface area contributed by atoms with Gasteiger partial charge in [-0.3, -0.25) is 4.79 Å². The van der Waals surface area contributed by atoms with E-state index < -0.39 is 0 Å². The molecule has 60 valence electrons. The molecular weight excluding hydrogens is 173 g/mol. The standard InChI is InChI=1S/C6H11Cl2NO/c1-9(2)6(10)3-5(8)4-7/h5H,3-4H2,1-2H3. The molecule has 0 aromatic rings. The molecule has 0 aliphatic rings. The van der Waals surface area contributed by atoms with E-state index in [1.165, 1.54) is 4.90 Å². The summed E-state index contributed by atoms with van der Waals surface area (Å²) in [7, 11) is 3.39. The summed E-state index contributed by atoms with van der Waals surface area (Å²) in [4.78, 5) is 12.4. The van der Waals surface area contributed by atoms with Gasteiger partial charge in [0, 0.05) is 26.4 Å². The number of hydrogen-bond acceptors (Lipinski definition) is 1. The summed E-state index contributed by atoms with van der Waals surface area (Å²) in [6.07, 6.45) is 0.318. The number of carbonyl (C=O) groups excluding carboxylic acids is 1. The minimum Gasteiger partial charge on any atom is -0.349 e. The molecule has 0 spiro atoms. The fourth-order valence-electron chi connectivity index (χ4n) is 0.427. The van der Waals surface area contributed by atoms with Crippen molar-refractivity contribution < 1.29 is 4.79 Å². The zero-order chi connectivity index (χ0) is 8.15. The Hall–Kier alpha value is 0.0500. The Morgan fingerprint density at radius 3 is 2.40 bits per heavy atom. The zero-order valence-electron chi connectivity index (χ0n) is 6.10. The lowest BCUT2D eigenvalue weighted by molar-refractivity contribution is -0.128. The third-order valence-corrected chi connectivity index (χ3v) is 1.90. The highest BCUT2D eigenvalue weighted by molar-refractivity contribution is 6.28. The Morgan fingerprint density at radius 1 is 1.60 bits per heavy atom. The lowest BCUT2D eigenvalue weighted by Crippen LogP contribution is -2.24. The first-order valence-electron chi connectivity index (χ1n) is 2.98. The predicted octanol–water partition coefficient (Wildman–Crippen LogP) is 1.31. The van der Waals surface area contributed by atoms with Crippen LogP contribution in [0.2, 0.25) is 0 Å². The molecular formula is C6H11Cl2NO. The van der Waals surface area contributed by atoms with Gasteiger partial charge in [-0.05, 0) is 0 Å². The highest BCUT2D eigenvalue weighted by Crippen LogP contribution is 2.05. The number of nitrogens with zero attached hydrogens (tertiary/aromatic N) is 1. The van der Waals surface area contributed by atoms with Crippen molar-refractivity contribution in [1.82, 2.24) is 4.90 Å². The fraction of sp³-hybridized carbons (Fsp3) is 0.833. The third-order valence-electron chi connectivity index (χ3n) is 1.06. The van der Waals surface area contributed by atoms with Crippen LogP contribution in [0.1, 0.15) is 6.42 Å². The number of halogens is 2. The minimum absolute atomic E-state index is 0.0145. The topological polar surface area (TPSA) is 20.3 Å². The number of rotatable bonds is 3. The molecule has 0 aliphatic heterocycles. The van der Waals surface area contributed by atoms with Gasteiger partial charge in [-0.15, -0.1) is 23.2 Å². The Balaban J connectivity index is 3.57. The van der Waals surface area contributed by atoms with Crippen molar-refractivity contribution in [1.29, 1.82) is 0 Å². The van der Waals surface area contributed by atoms with Crippen LogP contribution in [0.25, 0.3) is 0 Å². The van der Waals surface area contributed by atoms with Crippen molar-refractivity contribution in [3.05, 3.63) is 0 Å². The first-order valence-corrected chi connectivity index (χ1v) is 3.95. The van der Waals surface area contributed by atoms with Gasteiger partial charge in [-0.25, -0.2) is 0 Å². The molecule has 0 fully saturated rings. The van der Waals surface area contributed by atoms with Gasteiger partial charge in [0.25, 0.3) is 0 Å². The molecule has 0 aromatic heterocycles. The van der Waals surface area contributed by atoms with Crippen LogP contribution in [0.4, 0.5) is 0 Å². The molecule has 0 N–H and O–H groups in total. The average Bonchev–Trinajstić information content (AvgIpc) is 1.87. The first kappa shape index (κ1) is 10.0. The molecule has 1 amide bonds. The van der Waals surface area contributed by atoms with Gasteiger partial charge in [-0.2, -0.15) is 0 Å². The summed E-state index contributed by atoms with van der Waals surface area (Å²) in [5, 5.41) is -0.239. The maximum atomic E-state index is 10.9. The Labute approximate surface area is 71.1 Å². The Morgan fingerprint density at radius 2 is 2.10 bits per heavy atom. The molecule has 10 heavy (non-hydrogen) atoms. The summed E-state index contributed by atoms with van der Waals surface area (Å²) in [5.41, 5.74) is 0. The van der Waals surface area contributed by atoms with E-state index in [0.717, 1.165) is 0 Å². The van der Waals surface area contributed by atoms with Crippen LogP contribution in [0, 0.1) is 0 Å². The van der Waals surface area contributed by atoms with Crippen LogP contribution in [0.3, 0.4) is 0 Å². The van der Waals surface area contributed by atoms with E-state index in [9.17, 15) is 4.79 Å². The van der Waals surface area contributed by atoms with Gasteiger partial charge in [0.05, 0.1) is 5.38 Å². The number of alkyl halides is 2. The molecule has 2 nitrogen and oxygen atoms in total. The molecule has 4 heteroatoms. The molecule has 0 saturated heterocycles. The summed E-state index contributed by atoms with van der Waals surface area (Å²) < 4.78 is 0. The van der Waals surface area contributed by atoms with Crippen molar-refractivity contribution >= 4 is 29.1 Å². The van der Waals surface area contributed by atoms with E-state index in [1.54, 1.807) is 14.1 Å². The molecule has 1 atom stereocenters. The molecule has 0 radical (unpaired) electrons. The molecule has 0 aliphatic carbocycles. The second-order valence-corrected chi connectivity index (χ2v) is 3.17. The highest BCUT2D eigenvalue weighted by atomic mass is 35.5. The summed E-state index contributed by atoms with van der Waals surface area (Å²) >= 11 is 11.0. The van der Waals surface area contributed by atoms with Gasteiger partial charge in [0.15, 0.2) is 0 Å². The van der Waals surface area contributed by atoms with Crippen LogP contribution >= 0.6 is 23.2 Å². The molecule has 0 aromatic carbocycles. The molecule has 0 rings (SSSR count). The monoisotopic (exact) mass is 183 g/mol. The van der Waals surface area contributed by atoms with Gasteiger partial charge in [-0.1, -0.05) is 0 Å². The van der Waals surface area contributed by atoms with E-state index >= 15 is 0 Å². The summed E-state index contributed by atoms with van der Waals surface area (Å²) in [6, 6.07) is 0. The number of hydrogen-bond donors (Lipinski definition) is 0. The Bertz CT molecular complexity index is 116. The second kappa shape index (κ2) is 4.80. The van der Waals surface area contributed by atoms with Gasteiger partial charge >= 0.3 is 0 Å². The van der Waals surface area contributed by atoms with E-state index in [2.05, 4.69) is 0 Å².